The zero-order valence-corrected chi connectivity index (χ0v) is 77.5. The van der Waals surface area contributed by atoms with Crippen LogP contribution in [0.2, 0.25) is 0 Å². The maximum Gasteiger partial charge on any atom is 0.0655 e. The summed E-state index contributed by atoms with van der Waals surface area (Å²) in [6, 6.07) is 0. The van der Waals surface area contributed by atoms with Gasteiger partial charge < -0.3 is 20.4 Å². The van der Waals surface area contributed by atoms with E-state index < -0.39 is 0 Å². The van der Waals surface area contributed by atoms with Crippen molar-refractivity contribution in [2.24, 2.45) is 171 Å². The molecule has 640 valence electrons. The summed E-state index contributed by atoms with van der Waals surface area (Å²) in [6.07, 6.45) is 71.3. The van der Waals surface area contributed by atoms with E-state index >= 15 is 0 Å². The van der Waals surface area contributed by atoms with Gasteiger partial charge in [0.25, 0.3) is 0 Å². The van der Waals surface area contributed by atoms with Gasteiger partial charge in [0, 0.05) is 6.61 Å². The molecule has 3 unspecified atom stereocenters. The zero-order chi connectivity index (χ0) is 79.7. The molecule has 0 spiro atoms. The van der Waals surface area contributed by atoms with E-state index in [2.05, 4.69) is 27.7 Å². The molecule has 28 saturated carbocycles. The van der Waals surface area contributed by atoms with Gasteiger partial charge in [-0.05, 0) is 422 Å². The van der Waals surface area contributed by atoms with Crippen molar-refractivity contribution >= 4 is 0 Å². The maximum atomic E-state index is 10.1. The predicted octanol–water partition coefficient (Wildman–Crippen LogP) is 31.3. The summed E-state index contributed by atoms with van der Waals surface area (Å²) in [7, 11) is 0. The number of hydrogen-bond donors (Lipinski definition) is 4. The second-order valence-electron chi connectivity index (χ2n) is 40.3. The number of rotatable bonds is 3. The quantitative estimate of drug-likeness (QED) is 0.227. The van der Waals surface area contributed by atoms with Crippen molar-refractivity contribution in [1.29, 1.82) is 0 Å². The number of aliphatic hydroxyl groups excluding tert-OH is 3. The van der Waals surface area contributed by atoms with Gasteiger partial charge in [0.2, 0.25) is 0 Å². The third-order valence-electron chi connectivity index (χ3n) is 32.9. The third kappa shape index (κ3) is 28.6. The first-order chi connectivity index (χ1) is 52.6. The lowest BCUT2D eigenvalue weighted by molar-refractivity contribution is -0.124. The van der Waals surface area contributed by atoms with Gasteiger partial charge in [-0.25, -0.2) is 0 Å². The molecule has 0 radical (unpaired) electrons. The van der Waals surface area contributed by atoms with Crippen molar-refractivity contribution in [3.8, 4) is 0 Å². The molecule has 0 aliphatic heterocycles. The molecule has 0 amide bonds. The van der Waals surface area contributed by atoms with Crippen LogP contribution < -0.4 is 0 Å². The van der Waals surface area contributed by atoms with E-state index in [1.54, 1.807) is 135 Å². The van der Waals surface area contributed by atoms with Crippen molar-refractivity contribution in [2.45, 2.75) is 485 Å². The van der Waals surface area contributed by atoms with Crippen LogP contribution in [0.15, 0.2) is 0 Å². The largest absolute Gasteiger partial charge is 0.396 e. The zero-order valence-electron chi connectivity index (χ0n) is 77.5. The fourth-order valence-electron chi connectivity index (χ4n) is 30.8. The normalized spacial score (nSPS) is 43.9. The van der Waals surface area contributed by atoms with Crippen LogP contribution in [0, 0.1) is 171 Å². The van der Waals surface area contributed by atoms with Crippen molar-refractivity contribution in [1.82, 2.24) is 0 Å². The highest BCUT2D eigenvalue weighted by atomic mass is 16.3. The fraction of sp³-hybridized carbons (Fsp3) is 1.00. The van der Waals surface area contributed by atoms with Gasteiger partial charge in [-0.3, -0.25) is 0 Å². The predicted molar refractivity (Wildman–Crippen MR) is 475 cm³/mol. The Hall–Kier alpha value is -0.160. The molecule has 108 heavy (non-hydrogen) atoms. The molecule has 0 heterocycles. The van der Waals surface area contributed by atoms with Crippen molar-refractivity contribution in [3.05, 3.63) is 0 Å². The van der Waals surface area contributed by atoms with Crippen LogP contribution in [0.1, 0.15) is 467 Å². The van der Waals surface area contributed by atoms with Gasteiger partial charge in [0.1, 0.15) is 0 Å². The molecule has 0 aromatic heterocycles. The van der Waals surface area contributed by atoms with Crippen LogP contribution >= 0.6 is 0 Å². The van der Waals surface area contributed by atoms with Crippen molar-refractivity contribution < 1.29 is 20.4 Å². The lowest BCUT2D eigenvalue weighted by Crippen LogP contribution is -2.50. The summed E-state index contributed by atoms with van der Waals surface area (Å²) in [5, 5.41) is 37.7. The summed E-state index contributed by atoms with van der Waals surface area (Å²) in [4.78, 5) is 0. The van der Waals surface area contributed by atoms with E-state index in [0.29, 0.717) is 17.9 Å². The molecular formula is C104H200O4. The molecule has 4 N–H and O–H groups in total. The maximum absolute atomic E-state index is 10.1. The van der Waals surface area contributed by atoms with Gasteiger partial charge in [-0.1, -0.05) is 217 Å². The van der Waals surface area contributed by atoms with E-state index in [4.69, 9.17) is 5.11 Å². The highest BCUT2D eigenvalue weighted by Gasteiger charge is 2.54. The Morgan fingerprint density at radius 3 is 0.741 bits per heavy atom. The molecule has 28 aliphatic rings. The Balaban J connectivity index is 0.000000213. The highest BCUT2D eigenvalue weighted by molar-refractivity contribution is 5.05. The molecule has 26 bridgehead atoms. The Kier molecular flexibility index (Phi) is 47.3. The second-order valence-corrected chi connectivity index (χ2v) is 40.3. The summed E-state index contributed by atoms with van der Waals surface area (Å²) >= 11 is 0. The van der Waals surface area contributed by atoms with E-state index in [1.807, 2.05) is 125 Å². The minimum Gasteiger partial charge on any atom is -0.396 e. The average Bonchev–Trinajstić information content (AvgIpc) is 1.79. The van der Waals surface area contributed by atoms with E-state index in [0.717, 1.165) is 175 Å². The van der Waals surface area contributed by atoms with Crippen LogP contribution in [0.25, 0.3) is 0 Å². The summed E-state index contributed by atoms with van der Waals surface area (Å²) in [5.74, 6) is 30.1. The lowest BCUT2D eigenvalue weighted by Gasteiger charge is -2.56. The first kappa shape index (κ1) is 98.4. The molecule has 0 saturated heterocycles. The third-order valence-corrected chi connectivity index (χ3v) is 32.9. The van der Waals surface area contributed by atoms with Crippen molar-refractivity contribution in [2.75, 3.05) is 6.61 Å². The number of aliphatic hydroxyl groups is 4. The number of fused-ring (bicyclic) bond motifs is 2. The van der Waals surface area contributed by atoms with Crippen molar-refractivity contribution in [3.63, 3.8) is 0 Å². The minimum atomic E-state index is -0.200. The Morgan fingerprint density at radius 2 is 0.528 bits per heavy atom. The van der Waals surface area contributed by atoms with Crippen LogP contribution in [0.4, 0.5) is 0 Å². The standard InChI is InChI=1S/C13H22.C12H20.C11H18O.C11H18.C10H16O.C10H16.C7H12O.C6H12O.C6H12.9C2H6/c1-8(2)13-11-4-9-3-10(6-11)7-12(13)5-9;1-2-12-10-4-8-3-9(6-10)7-11(12)5-8;12-7-11-4-8-1-9(5-11)3-10(2-8)6-11;1-7-10-3-8-2-9(5-10)6-11(7)4-8;11-10-4-7-1-8(5-10)3-9(2-7)6-10;1-7-2-9-4-8(1)5-10(3-7)6-9;8-7-4-5-1-2-6(7)3-5;7-6-4-2-1-3-5-6;1-2-4-6-5-3-1;9*1-2/h8-13H,3-7H2,1-2H3;8-12H,2-7H2,1H3;8-10,12H,1-7H2;7-11H,2-6H2,1H3;7-9,11H,1-6H2;7-10H,1-6H2;5-8H,1-4H2;6-7H,1-5H2;1-6H2;9*1-2H3. The summed E-state index contributed by atoms with van der Waals surface area (Å²) < 4.78 is 0. The van der Waals surface area contributed by atoms with Gasteiger partial charge in [-0.2, -0.15) is 0 Å². The Morgan fingerprint density at radius 1 is 0.278 bits per heavy atom. The Bertz CT molecular complexity index is 1980. The highest BCUT2D eigenvalue weighted by Crippen LogP contribution is 2.63. The van der Waals surface area contributed by atoms with Gasteiger partial charge in [0.05, 0.1) is 17.8 Å². The van der Waals surface area contributed by atoms with E-state index in [-0.39, 0.29) is 17.8 Å². The Labute approximate surface area is 678 Å². The van der Waals surface area contributed by atoms with Gasteiger partial charge in [0.15, 0.2) is 0 Å². The van der Waals surface area contributed by atoms with E-state index in [9.17, 15) is 15.3 Å². The minimum absolute atomic E-state index is 0.0359. The molecule has 3 atom stereocenters. The molecule has 28 rings (SSSR count). The van der Waals surface area contributed by atoms with Crippen LogP contribution in [0.3, 0.4) is 0 Å². The molecule has 28 fully saturated rings. The SMILES string of the molecule is C1C2CC3CC1CC(C2)C3.C1CCCCC1.CC.CC.CC.CC.CC.CC.CC.CC.CC.CC(C)C1C2CC3CC(C2)CC1C3.CC1C2CC3CC(C2)CC1C3.CCC1C2CC3CC(C2)CC1C3.OC12CC3CC(CC(C3)C1)C2.OC1CC2CCC1C2.OC1CCCCC1.OCC12CC3CC(CC(C3)C1)C2. The van der Waals surface area contributed by atoms with E-state index in [1.165, 1.54) is 165 Å². The molecule has 0 aromatic rings. The molecule has 4 nitrogen and oxygen atoms in total. The number of hydrogen-bond acceptors (Lipinski definition) is 4. The summed E-state index contributed by atoms with van der Waals surface area (Å²) in [6.45, 7) is 46.3. The molecule has 0 aromatic carbocycles. The first-order valence-corrected chi connectivity index (χ1v) is 51.3. The van der Waals surface area contributed by atoms with Gasteiger partial charge >= 0.3 is 0 Å². The average molecular weight is 1510 g/mol. The lowest BCUT2D eigenvalue weighted by atomic mass is 9.50. The van der Waals surface area contributed by atoms with Crippen LogP contribution in [-0.4, -0.2) is 44.8 Å². The van der Waals surface area contributed by atoms with Crippen LogP contribution in [-0.2, 0) is 0 Å². The summed E-state index contributed by atoms with van der Waals surface area (Å²) in [5.41, 5.74) is 0.198. The van der Waals surface area contributed by atoms with Gasteiger partial charge in [-0.15, -0.1) is 0 Å². The molecule has 28 aliphatic carbocycles. The molecular weight excluding hydrogens is 1310 g/mol. The monoisotopic (exact) mass is 1510 g/mol. The molecule has 4 heteroatoms. The fourth-order valence-corrected chi connectivity index (χ4v) is 30.8. The second kappa shape index (κ2) is 51.9. The first-order valence-electron chi connectivity index (χ1n) is 51.3. The smallest absolute Gasteiger partial charge is 0.0655 e. The van der Waals surface area contributed by atoms with Crippen LogP contribution in [0.5, 0.6) is 0 Å². The topological polar surface area (TPSA) is 80.9 Å².